The molecule has 1 aliphatic rings. The molecule has 146 valence electrons. The van der Waals surface area contributed by atoms with Crippen molar-refractivity contribution in [3.05, 3.63) is 55.5 Å². The van der Waals surface area contributed by atoms with Crippen molar-refractivity contribution < 1.29 is 8.42 Å². The molecule has 10 nitrogen and oxygen atoms in total. The minimum absolute atomic E-state index is 0.0194. The van der Waals surface area contributed by atoms with Crippen LogP contribution >= 0.6 is 11.6 Å². The van der Waals surface area contributed by atoms with Crippen LogP contribution in [-0.4, -0.2) is 19.9 Å². The van der Waals surface area contributed by atoms with Crippen LogP contribution in [0.5, 0.6) is 0 Å². The van der Waals surface area contributed by atoms with Gasteiger partial charge in [-0.25, -0.2) is 18.1 Å². The monoisotopic (exact) mass is 420 g/mol. The van der Waals surface area contributed by atoms with Gasteiger partial charge in [-0.2, -0.15) is 0 Å². The first kappa shape index (κ1) is 20.2. The van der Waals surface area contributed by atoms with E-state index in [1.165, 1.54) is 18.3 Å². The number of nitrogens with zero attached hydrogens (tertiary/aromatic N) is 7. The maximum absolute atomic E-state index is 13.0. The van der Waals surface area contributed by atoms with Gasteiger partial charge in [0.05, 0.1) is 17.0 Å². The van der Waals surface area contributed by atoms with E-state index < -0.39 is 22.1 Å². The highest BCUT2D eigenvalue weighted by Crippen LogP contribution is 2.48. The van der Waals surface area contributed by atoms with E-state index in [1.807, 2.05) is 13.8 Å². The summed E-state index contributed by atoms with van der Waals surface area (Å²) in [4.78, 5) is 9.79. The van der Waals surface area contributed by atoms with Crippen molar-refractivity contribution in [3.8, 4) is 0 Å². The van der Waals surface area contributed by atoms with Crippen molar-refractivity contribution in [3.63, 3.8) is 0 Å². The number of rotatable bonds is 6. The molecule has 1 N–H and O–H groups in total. The van der Waals surface area contributed by atoms with Crippen molar-refractivity contribution in [1.29, 1.82) is 0 Å². The Balaban J connectivity index is 2.34. The van der Waals surface area contributed by atoms with Gasteiger partial charge in [0.15, 0.2) is 0 Å². The van der Waals surface area contributed by atoms with Crippen LogP contribution in [0.1, 0.15) is 43.5 Å². The van der Waals surface area contributed by atoms with Gasteiger partial charge in [-0.05, 0) is 46.7 Å². The molecule has 0 fully saturated rings. The molecule has 28 heavy (non-hydrogen) atoms. The second kappa shape index (κ2) is 7.83. The lowest BCUT2D eigenvalue weighted by molar-refractivity contribution is 0.560. The van der Waals surface area contributed by atoms with E-state index in [9.17, 15) is 8.42 Å². The topological polar surface area (TPSA) is 157 Å². The Hall–Kier alpha value is -2.55. The summed E-state index contributed by atoms with van der Waals surface area (Å²) in [7, 11) is -3.86. The van der Waals surface area contributed by atoms with Crippen LogP contribution in [-0.2, 0) is 10.0 Å². The molecule has 1 aromatic heterocycles. The number of hydrogen-bond donors (Lipinski definition) is 1. The first-order chi connectivity index (χ1) is 13.3. The molecule has 0 unspecified atom stereocenters. The van der Waals surface area contributed by atoms with Crippen molar-refractivity contribution in [2.24, 2.45) is 16.1 Å². The largest absolute Gasteiger partial charge is 0.244 e. The molecule has 2 atom stereocenters. The molecular weight excluding hydrogens is 404 g/mol. The summed E-state index contributed by atoms with van der Waals surface area (Å²) < 4.78 is 28.5. The van der Waals surface area contributed by atoms with Gasteiger partial charge in [0.25, 0.3) is 0 Å². The lowest BCUT2D eigenvalue weighted by Crippen LogP contribution is -2.28. The third kappa shape index (κ3) is 3.71. The van der Waals surface area contributed by atoms with Gasteiger partial charge in [0, 0.05) is 33.3 Å². The van der Waals surface area contributed by atoms with E-state index >= 15 is 0 Å². The van der Waals surface area contributed by atoms with E-state index in [-0.39, 0.29) is 28.9 Å². The number of pyridine rings is 1. The molecule has 2 aromatic rings. The van der Waals surface area contributed by atoms with Crippen LogP contribution in [0.3, 0.4) is 0 Å². The normalized spacial score (nSPS) is 18.6. The SMILES string of the molecule is CC(C)CNS(=O)(=O)c1cc2c(c3cnc(Cl)cc13)[C@@H](N=[N+]=[N-])C[C@@H]2N=[N+]=[N-]. The fourth-order valence-corrected chi connectivity index (χ4v) is 4.93. The highest BCUT2D eigenvalue weighted by molar-refractivity contribution is 7.89. The summed E-state index contributed by atoms with van der Waals surface area (Å²) in [5.74, 6) is 0.117. The summed E-state index contributed by atoms with van der Waals surface area (Å²) in [5.41, 5.74) is 18.9. The fraction of sp³-hybridized carbons (Fsp3) is 0.438. The van der Waals surface area contributed by atoms with Crippen LogP contribution in [0.2, 0.25) is 5.15 Å². The van der Waals surface area contributed by atoms with Gasteiger partial charge in [0.1, 0.15) is 5.15 Å². The average molecular weight is 421 g/mol. The Morgan fingerprint density at radius 2 is 1.93 bits per heavy atom. The van der Waals surface area contributed by atoms with Crippen LogP contribution in [0.15, 0.2) is 33.5 Å². The molecule has 0 saturated heterocycles. The number of hydrogen-bond acceptors (Lipinski definition) is 5. The van der Waals surface area contributed by atoms with E-state index in [0.717, 1.165) is 0 Å². The van der Waals surface area contributed by atoms with Crippen molar-refractivity contribution in [2.75, 3.05) is 6.54 Å². The van der Waals surface area contributed by atoms with Crippen molar-refractivity contribution in [1.82, 2.24) is 9.71 Å². The zero-order valence-electron chi connectivity index (χ0n) is 15.1. The zero-order chi connectivity index (χ0) is 20.5. The molecule has 0 radical (unpaired) electrons. The van der Waals surface area contributed by atoms with E-state index in [0.29, 0.717) is 21.9 Å². The first-order valence-electron chi connectivity index (χ1n) is 8.48. The first-order valence-corrected chi connectivity index (χ1v) is 10.3. The van der Waals surface area contributed by atoms with Gasteiger partial charge >= 0.3 is 0 Å². The number of azide groups is 2. The second-order valence-corrected chi connectivity index (χ2v) is 8.98. The predicted octanol–water partition coefficient (Wildman–Crippen LogP) is 4.93. The van der Waals surface area contributed by atoms with Crippen LogP contribution in [0.4, 0.5) is 0 Å². The fourth-order valence-electron chi connectivity index (χ4n) is 3.32. The van der Waals surface area contributed by atoms with Crippen LogP contribution < -0.4 is 4.72 Å². The second-order valence-electron chi connectivity index (χ2n) is 6.85. The van der Waals surface area contributed by atoms with Gasteiger partial charge < -0.3 is 0 Å². The van der Waals surface area contributed by atoms with Crippen molar-refractivity contribution in [2.45, 2.75) is 37.2 Å². The smallest absolute Gasteiger partial charge is 0.241 e. The zero-order valence-corrected chi connectivity index (χ0v) is 16.7. The highest BCUT2D eigenvalue weighted by atomic mass is 35.5. The maximum Gasteiger partial charge on any atom is 0.241 e. The molecule has 0 amide bonds. The van der Waals surface area contributed by atoms with Gasteiger partial charge in [0.2, 0.25) is 10.0 Å². The summed E-state index contributed by atoms with van der Waals surface area (Å²) >= 11 is 6.02. The Labute approximate surface area is 166 Å². The molecule has 1 aliphatic carbocycles. The number of sulfonamides is 1. The maximum atomic E-state index is 13.0. The summed E-state index contributed by atoms with van der Waals surface area (Å²) in [6, 6.07) is 1.70. The van der Waals surface area contributed by atoms with E-state index in [4.69, 9.17) is 22.7 Å². The Bertz CT molecular complexity index is 1140. The lowest BCUT2D eigenvalue weighted by Gasteiger charge is -2.16. The van der Waals surface area contributed by atoms with Crippen LogP contribution in [0, 0.1) is 5.92 Å². The molecule has 0 bridgehead atoms. The summed E-state index contributed by atoms with van der Waals surface area (Å²) in [5, 5.41) is 8.55. The number of halogens is 1. The molecule has 12 heteroatoms. The van der Waals surface area contributed by atoms with E-state index in [1.54, 1.807) is 0 Å². The lowest BCUT2D eigenvalue weighted by atomic mass is 10.0. The number of aromatic nitrogens is 1. The molecule has 0 spiro atoms. The number of fused-ring (bicyclic) bond motifs is 3. The van der Waals surface area contributed by atoms with E-state index in [2.05, 4.69) is 29.8 Å². The Kier molecular flexibility index (Phi) is 5.64. The Morgan fingerprint density at radius 1 is 1.25 bits per heavy atom. The average Bonchev–Trinajstić information content (AvgIpc) is 2.97. The number of benzene rings is 1. The van der Waals surface area contributed by atoms with Gasteiger partial charge in [-0.1, -0.05) is 35.7 Å². The molecular formula is C16H17ClN8O2S. The molecule has 0 saturated carbocycles. The minimum Gasteiger partial charge on any atom is -0.244 e. The third-order valence-electron chi connectivity index (χ3n) is 4.52. The van der Waals surface area contributed by atoms with Crippen LogP contribution in [0.25, 0.3) is 31.7 Å². The third-order valence-corrected chi connectivity index (χ3v) is 6.19. The van der Waals surface area contributed by atoms with Gasteiger partial charge in [-0.15, -0.1) is 0 Å². The highest BCUT2D eigenvalue weighted by Gasteiger charge is 2.34. The standard InChI is InChI=1S/C16H17ClN8O2S/c1-8(2)6-21-28(26,27)14-3-10-12(22-24-18)5-13(23-25-19)16(10)11-7-20-15(17)4-9(11)14/h3-4,7-8,12-13,21H,5-6H2,1-2H3/t12-,13-/m0/s1. The molecule has 3 rings (SSSR count). The summed E-state index contributed by atoms with van der Waals surface area (Å²) in [6.45, 7) is 4.05. The molecule has 0 aliphatic heterocycles. The predicted molar refractivity (Wildman–Crippen MR) is 105 cm³/mol. The van der Waals surface area contributed by atoms with Crippen molar-refractivity contribution >= 4 is 32.4 Å². The molecule has 1 aromatic carbocycles. The summed E-state index contributed by atoms with van der Waals surface area (Å²) in [6.07, 6.45) is 1.71. The van der Waals surface area contributed by atoms with Gasteiger partial charge in [-0.3, -0.25) is 0 Å². The quantitative estimate of drug-likeness (QED) is 0.304. The number of nitrogens with one attached hydrogen (secondary N) is 1. The molecule has 1 heterocycles. The minimum atomic E-state index is -3.86. The Morgan fingerprint density at radius 3 is 2.57 bits per heavy atom.